The molecular weight excluding hydrogens is 210 g/mol. The molecule has 0 saturated heterocycles. The van der Waals surface area contributed by atoms with Gasteiger partial charge in [0, 0.05) is 11.5 Å². The number of hydrogen-bond acceptors (Lipinski definition) is 2. The Morgan fingerprint density at radius 1 is 1.06 bits per heavy atom. The van der Waals surface area contributed by atoms with Crippen LogP contribution in [0.1, 0.15) is 65.7 Å². The summed E-state index contributed by atoms with van der Waals surface area (Å²) in [6.45, 7) is 6.55. The van der Waals surface area contributed by atoms with Gasteiger partial charge in [-0.15, -0.1) is 0 Å². The summed E-state index contributed by atoms with van der Waals surface area (Å²) in [5.74, 6) is 0. The maximum Gasteiger partial charge on any atom is 0.0668 e. The van der Waals surface area contributed by atoms with Crippen molar-refractivity contribution in [2.75, 3.05) is 7.05 Å². The third kappa shape index (κ3) is 2.68. The van der Waals surface area contributed by atoms with Crippen LogP contribution in [0.15, 0.2) is 0 Å². The van der Waals surface area contributed by atoms with E-state index in [4.69, 9.17) is 4.74 Å². The van der Waals surface area contributed by atoms with E-state index in [1.165, 1.54) is 44.9 Å². The molecule has 2 saturated carbocycles. The maximum absolute atomic E-state index is 6.31. The van der Waals surface area contributed by atoms with Gasteiger partial charge in [0.1, 0.15) is 0 Å². The van der Waals surface area contributed by atoms with Crippen molar-refractivity contribution >= 4 is 0 Å². The van der Waals surface area contributed by atoms with Crippen LogP contribution in [0.3, 0.4) is 0 Å². The molecule has 0 aromatic carbocycles. The predicted molar refractivity (Wildman–Crippen MR) is 72.2 cm³/mol. The van der Waals surface area contributed by atoms with Crippen molar-refractivity contribution in [2.24, 2.45) is 5.41 Å². The van der Waals surface area contributed by atoms with Gasteiger partial charge >= 0.3 is 0 Å². The lowest BCUT2D eigenvalue weighted by Crippen LogP contribution is -2.64. The molecule has 0 aliphatic heterocycles. The fourth-order valence-electron chi connectivity index (χ4n) is 3.80. The van der Waals surface area contributed by atoms with Crippen LogP contribution in [0, 0.1) is 5.41 Å². The first-order valence-electron chi connectivity index (χ1n) is 7.33. The molecule has 2 unspecified atom stereocenters. The summed E-state index contributed by atoms with van der Waals surface area (Å²) in [4.78, 5) is 0. The van der Waals surface area contributed by atoms with Gasteiger partial charge < -0.3 is 10.1 Å². The molecule has 0 radical (unpaired) electrons. The highest BCUT2D eigenvalue weighted by Crippen LogP contribution is 2.53. The first kappa shape index (κ1) is 13.4. The zero-order chi connectivity index (χ0) is 12.5. The Morgan fingerprint density at radius 2 is 1.65 bits per heavy atom. The van der Waals surface area contributed by atoms with Gasteiger partial charge in [0.25, 0.3) is 0 Å². The normalized spacial score (nSPS) is 33.2. The van der Waals surface area contributed by atoms with E-state index in [2.05, 4.69) is 33.1 Å². The average molecular weight is 239 g/mol. The second-order valence-corrected chi connectivity index (χ2v) is 6.94. The molecule has 0 bridgehead atoms. The topological polar surface area (TPSA) is 21.3 Å². The Morgan fingerprint density at radius 3 is 2.12 bits per heavy atom. The lowest BCUT2D eigenvalue weighted by Gasteiger charge is -2.57. The molecule has 0 heterocycles. The van der Waals surface area contributed by atoms with Gasteiger partial charge in [0.15, 0.2) is 0 Å². The lowest BCUT2D eigenvalue weighted by molar-refractivity contribution is -0.190. The average Bonchev–Trinajstić information content (AvgIpc) is 2.49. The molecule has 2 rings (SSSR count). The number of hydrogen-bond donors (Lipinski definition) is 1. The fraction of sp³-hybridized carbons (Fsp3) is 1.00. The summed E-state index contributed by atoms with van der Waals surface area (Å²) >= 11 is 0. The van der Waals surface area contributed by atoms with Crippen LogP contribution >= 0.6 is 0 Å². The van der Waals surface area contributed by atoms with Gasteiger partial charge in [0.2, 0.25) is 0 Å². The molecule has 2 fully saturated rings. The third-order valence-corrected chi connectivity index (χ3v) is 4.66. The molecule has 0 aromatic heterocycles. The van der Waals surface area contributed by atoms with E-state index in [1.54, 1.807) is 0 Å². The van der Waals surface area contributed by atoms with E-state index in [-0.39, 0.29) is 5.60 Å². The van der Waals surface area contributed by atoms with Crippen molar-refractivity contribution in [3.63, 3.8) is 0 Å². The Kier molecular flexibility index (Phi) is 3.84. The van der Waals surface area contributed by atoms with E-state index in [0.717, 1.165) is 0 Å². The summed E-state index contributed by atoms with van der Waals surface area (Å²) in [5.41, 5.74) is 0.446. The molecule has 2 nitrogen and oxygen atoms in total. The number of rotatable bonds is 2. The summed E-state index contributed by atoms with van der Waals surface area (Å²) in [6.07, 6.45) is 10.0. The van der Waals surface area contributed by atoms with Crippen molar-refractivity contribution in [2.45, 2.75) is 83.5 Å². The molecule has 1 spiro atoms. The molecule has 1 N–H and O–H groups in total. The van der Waals surface area contributed by atoms with Crippen LogP contribution in [0.25, 0.3) is 0 Å². The Balaban J connectivity index is 2.07. The fourth-order valence-corrected chi connectivity index (χ4v) is 3.80. The minimum absolute atomic E-state index is 0.00266. The molecule has 2 aliphatic rings. The van der Waals surface area contributed by atoms with Gasteiger partial charge in [0.05, 0.1) is 11.7 Å². The highest BCUT2D eigenvalue weighted by atomic mass is 16.5. The van der Waals surface area contributed by atoms with Crippen molar-refractivity contribution in [1.29, 1.82) is 0 Å². The Bertz CT molecular complexity index is 248. The van der Waals surface area contributed by atoms with Crippen LogP contribution in [0.5, 0.6) is 0 Å². The van der Waals surface area contributed by atoms with E-state index in [1.807, 2.05) is 0 Å². The van der Waals surface area contributed by atoms with Gasteiger partial charge in [-0.1, -0.05) is 25.7 Å². The first-order chi connectivity index (χ1) is 7.98. The molecule has 2 atom stereocenters. The second kappa shape index (κ2) is 4.89. The zero-order valence-electron chi connectivity index (χ0n) is 12.0. The number of ether oxygens (including phenoxy) is 1. The summed E-state index contributed by atoms with van der Waals surface area (Å²) < 4.78 is 6.31. The minimum Gasteiger partial charge on any atom is -0.372 e. The monoisotopic (exact) mass is 239 g/mol. The standard InChI is InChI=1S/C15H29NO/c1-14(2,3)17-13-11-12(16-4)15(13)9-7-5-6-8-10-15/h12-13,16H,5-11H2,1-4H3. The Labute approximate surface area is 107 Å². The zero-order valence-corrected chi connectivity index (χ0v) is 12.0. The van der Waals surface area contributed by atoms with Crippen LogP contribution in [0.4, 0.5) is 0 Å². The molecule has 17 heavy (non-hydrogen) atoms. The van der Waals surface area contributed by atoms with Crippen LogP contribution < -0.4 is 5.32 Å². The third-order valence-electron chi connectivity index (χ3n) is 4.66. The van der Waals surface area contributed by atoms with E-state index >= 15 is 0 Å². The molecule has 2 heteroatoms. The summed E-state index contributed by atoms with van der Waals surface area (Å²) in [5, 5.41) is 3.53. The molecule has 100 valence electrons. The second-order valence-electron chi connectivity index (χ2n) is 6.94. The number of nitrogens with one attached hydrogen (secondary N) is 1. The van der Waals surface area contributed by atoms with Crippen molar-refractivity contribution in [1.82, 2.24) is 5.32 Å². The van der Waals surface area contributed by atoms with Gasteiger partial charge in [-0.2, -0.15) is 0 Å². The van der Waals surface area contributed by atoms with Gasteiger partial charge in [-0.05, 0) is 47.1 Å². The van der Waals surface area contributed by atoms with Gasteiger partial charge in [-0.3, -0.25) is 0 Å². The predicted octanol–water partition coefficient (Wildman–Crippen LogP) is 3.50. The molecule has 0 amide bonds. The quantitative estimate of drug-likeness (QED) is 0.796. The maximum atomic E-state index is 6.31. The smallest absolute Gasteiger partial charge is 0.0668 e. The molecular formula is C15H29NO. The van der Waals surface area contributed by atoms with E-state index < -0.39 is 0 Å². The summed E-state index contributed by atoms with van der Waals surface area (Å²) in [6, 6.07) is 0.688. The highest BCUT2D eigenvalue weighted by molar-refractivity contribution is 5.08. The van der Waals surface area contributed by atoms with Crippen molar-refractivity contribution in [3.05, 3.63) is 0 Å². The van der Waals surface area contributed by atoms with Crippen LogP contribution in [-0.2, 0) is 4.74 Å². The van der Waals surface area contributed by atoms with Crippen LogP contribution in [-0.4, -0.2) is 24.8 Å². The molecule has 2 aliphatic carbocycles. The van der Waals surface area contributed by atoms with Crippen molar-refractivity contribution in [3.8, 4) is 0 Å². The van der Waals surface area contributed by atoms with Crippen molar-refractivity contribution < 1.29 is 4.74 Å². The molecule has 0 aromatic rings. The van der Waals surface area contributed by atoms with E-state index in [0.29, 0.717) is 17.6 Å². The lowest BCUT2D eigenvalue weighted by atomic mass is 9.57. The highest BCUT2D eigenvalue weighted by Gasteiger charge is 2.55. The first-order valence-corrected chi connectivity index (χ1v) is 7.33. The summed E-state index contributed by atoms with van der Waals surface area (Å²) in [7, 11) is 2.12. The SMILES string of the molecule is CNC1CC(OC(C)(C)C)C12CCCCCC2. The largest absolute Gasteiger partial charge is 0.372 e. The van der Waals surface area contributed by atoms with E-state index in [9.17, 15) is 0 Å². The van der Waals surface area contributed by atoms with Crippen LogP contribution in [0.2, 0.25) is 0 Å². The van der Waals surface area contributed by atoms with Gasteiger partial charge in [-0.25, -0.2) is 0 Å². The Hall–Kier alpha value is -0.0800. The minimum atomic E-state index is 0.00266.